The van der Waals surface area contributed by atoms with Gasteiger partial charge in [-0.1, -0.05) is 6.07 Å². The fraction of sp³-hybridized carbons (Fsp3) is 0. The third-order valence-electron chi connectivity index (χ3n) is 0.884. The summed E-state index contributed by atoms with van der Waals surface area (Å²) in [6.45, 7) is 0. The summed E-state index contributed by atoms with van der Waals surface area (Å²) in [7, 11) is 0. The second kappa shape index (κ2) is 6.68. The molecule has 1 heterocycles. The zero-order chi connectivity index (χ0) is 9.40. The number of aromatic carboxylic acids is 1. The molecule has 3 nitrogen and oxygen atoms in total. The predicted octanol–water partition coefficient (Wildman–Crippen LogP) is 1.62. The second-order valence-corrected chi connectivity index (χ2v) is 1.72. The molecule has 1 rings (SSSR count). The van der Waals surface area contributed by atoms with Gasteiger partial charge in [-0.25, -0.2) is 9.78 Å². The van der Waals surface area contributed by atoms with Crippen LogP contribution in [-0.4, -0.2) is 16.1 Å². The van der Waals surface area contributed by atoms with Crippen molar-refractivity contribution in [3.05, 3.63) is 30.1 Å². The Labute approximate surface area is 74.3 Å². The molecule has 0 unspecified atom stereocenters. The number of nitrogens with zero attached hydrogens (tertiary/aromatic N) is 1. The van der Waals surface area contributed by atoms with Crippen LogP contribution in [0, 0.1) is 0 Å². The van der Waals surface area contributed by atoms with Crippen LogP contribution in [0.3, 0.4) is 0 Å². The number of rotatable bonds is 1. The average Bonchev–Trinajstić information content (AvgIpc) is 2.07. The van der Waals surface area contributed by atoms with E-state index in [1.165, 1.54) is 12.3 Å². The van der Waals surface area contributed by atoms with Gasteiger partial charge in [0.05, 0.1) is 0 Å². The molecule has 69 valence electrons. The number of hydrogen-bond donors (Lipinski definition) is 1. The molecule has 6 heteroatoms. The van der Waals surface area contributed by atoms with E-state index in [-0.39, 0.29) is 5.69 Å². The molecule has 0 saturated carbocycles. The first-order valence-corrected chi connectivity index (χ1v) is 3.49. The van der Waals surface area contributed by atoms with Crippen LogP contribution in [0.1, 0.15) is 10.5 Å². The summed E-state index contributed by atoms with van der Waals surface area (Å²) in [5.74, 6) is -0.990. The number of hydrogen-bond acceptors (Lipinski definition) is 2. The van der Waals surface area contributed by atoms with Crippen LogP contribution >= 0.6 is 0 Å². The molecule has 0 aliphatic heterocycles. The van der Waals surface area contributed by atoms with Crippen molar-refractivity contribution < 1.29 is 32.7 Å². The van der Waals surface area contributed by atoms with E-state index in [1.807, 2.05) is 0 Å². The summed E-state index contributed by atoms with van der Waals surface area (Å²) in [4.78, 5) is 13.7. The van der Waals surface area contributed by atoms with E-state index in [4.69, 9.17) is 5.11 Å². The number of carboxylic acids is 1. The standard InChI is InChI=1S/C6H5NO2.Co.2FH/c8-6(9)5-3-1-2-4-7-5;;;/h1-4H,(H,8,9);;2*1H/q;+2;;/p-2. The molecular weight excluding hydrogens is 215 g/mol. The minimum atomic E-state index is -1.56. The SMILES string of the molecule is O=C(O)c1ccccn1.[F][Co][F]. The number of carbonyl (C=O) groups is 1. The number of carboxylic acid groups (broad SMARTS) is 1. The summed E-state index contributed by atoms with van der Waals surface area (Å²) in [5, 5.41) is 8.32. The maximum atomic E-state index is 10.1. The molecule has 0 aliphatic rings. The average molecular weight is 220 g/mol. The van der Waals surface area contributed by atoms with E-state index in [0.29, 0.717) is 0 Å². The number of pyridine rings is 1. The van der Waals surface area contributed by atoms with E-state index in [1.54, 1.807) is 12.1 Å². The molecule has 1 N–H and O–H groups in total. The van der Waals surface area contributed by atoms with Crippen LogP contribution in [0.25, 0.3) is 0 Å². The third-order valence-corrected chi connectivity index (χ3v) is 0.884. The van der Waals surface area contributed by atoms with Crippen LogP contribution in [0.2, 0.25) is 0 Å². The Morgan fingerprint density at radius 2 is 2.08 bits per heavy atom. The van der Waals surface area contributed by atoms with Crippen molar-refractivity contribution in [1.29, 1.82) is 0 Å². The van der Waals surface area contributed by atoms with E-state index in [0.717, 1.165) is 0 Å². The Balaban J connectivity index is 0.000000354. The molecule has 1 aromatic heterocycles. The van der Waals surface area contributed by atoms with Gasteiger partial charge < -0.3 is 5.11 Å². The van der Waals surface area contributed by atoms with Gasteiger partial charge in [-0.05, 0) is 12.1 Å². The summed E-state index contributed by atoms with van der Waals surface area (Å²) in [6, 6.07) is 4.76. The Kier molecular flexibility index (Phi) is 6.12. The molecule has 0 spiro atoms. The molecule has 12 heavy (non-hydrogen) atoms. The number of halogens is 2. The van der Waals surface area contributed by atoms with Crippen molar-refractivity contribution in [2.24, 2.45) is 0 Å². The summed E-state index contributed by atoms with van der Waals surface area (Å²) >= 11 is -1.56. The van der Waals surface area contributed by atoms with Gasteiger partial charge in [-0.15, -0.1) is 0 Å². The molecule has 0 aromatic carbocycles. The van der Waals surface area contributed by atoms with Crippen molar-refractivity contribution in [2.45, 2.75) is 0 Å². The summed E-state index contributed by atoms with van der Waals surface area (Å²) in [6.07, 6.45) is 1.45. The summed E-state index contributed by atoms with van der Waals surface area (Å²) < 4.78 is 19.2. The fourth-order valence-electron chi connectivity index (χ4n) is 0.489. The Bertz CT molecular complexity index is 232. The van der Waals surface area contributed by atoms with Crippen molar-refractivity contribution in [1.82, 2.24) is 4.98 Å². The van der Waals surface area contributed by atoms with Crippen LogP contribution in [-0.2, 0) is 15.6 Å². The first kappa shape index (κ1) is 11.0. The first-order valence-electron chi connectivity index (χ1n) is 2.70. The third kappa shape index (κ3) is 4.75. The van der Waals surface area contributed by atoms with E-state index in [2.05, 4.69) is 4.98 Å². The Morgan fingerprint density at radius 3 is 2.33 bits per heavy atom. The minimum absolute atomic E-state index is 0.0810. The fourth-order valence-corrected chi connectivity index (χ4v) is 0.489. The van der Waals surface area contributed by atoms with Gasteiger partial charge in [-0.2, -0.15) is 0 Å². The second-order valence-electron chi connectivity index (χ2n) is 1.57. The van der Waals surface area contributed by atoms with Gasteiger partial charge in [0.25, 0.3) is 0 Å². The van der Waals surface area contributed by atoms with Crippen LogP contribution in [0.15, 0.2) is 24.4 Å². The van der Waals surface area contributed by atoms with Gasteiger partial charge >= 0.3 is 28.7 Å². The molecule has 0 aliphatic carbocycles. The Morgan fingerprint density at radius 1 is 1.50 bits per heavy atom. The van der Waals surface area contributed by atoms with Gasteiger partial charge in [0, 0.05) is 6.20 Å². The van der Waals surface area contributed by atoms with Gasteiger partial charge in [-0.3, -0.25) is 0 Å². The molecule has 0 bridgehead atoms. The molecule has 1 aromatic rings. The monoisotopic (exact) mass is 220 g/mol. The molecule has 0 atom stereocenters. The number of aromatic nitrogens is 1. The zero-order valence-electron chi connectivity index (χ0n) is 5.70. The topological polar surface area (TPSA) is 50.2 Å². The van der Waals surface area contributed by atoms with Gasteiger partial charge in [0.15, 0.2) is 0 Å². The van der Waals surface area contributed by atoms with Crippen molar-refractivity contribution in [3.8, 4) is 0 Å². The quantitative estimate of drug-likeness (QED) is 0.782. The first-order chi connectivity index (χ1) is 5.72. The molecular formula is C6H5CoF2NO2. The zero-order valence-corrected chi connectivity index (χ0v) is 6.74. The summed E-state index contributed by atoms with van der Waals surface area (Å²) in [5.41, 5.74) is 0.0810. The van der Waals surface area contributed by atoms with Crippen molar-refractivity contribution in [3.63, 3.8) is 0 Å². The molecule has 0 fully saturated rings. The maximum absolute atomic E-state index is 10.1. The van der Waals surface area contributed by atoms with Gasteiger partial charge in [0.1, 0.15) is 5.69 Å². The van der Waals surface area contributed by atoms with Crippen LogP contribution in [0.5, 0.6) is 0 Å². The molecule has 0 radical (unpaired) electrons. The van der Waals surface area contributed by atoms with E-state index in [9.17, 15) is 12.0 Å². The van der Waals surface area contributed by atoms with Crippen LogP contribution < -0.4 is 0 Å². The van der Waals surface area contributed by atoms with Gasteiger partial charge in [0.2, 0.25) is 0 Å². The molecule has 0 saturated heterocycles. The van der Waals surface area contributed by atoms with E-state index >= 15 is 0 Å². The van der Waals surface area contributed by atoms with Crippen molar-refractivity contribution in [2.75, 3.05) is 0 Å². The Hall–Kier alpha value is -1.01. The van der Waals surface area contributed by atoms with E-state index < -0.39 is 21.6 Å². The molecule has 0 amide bonds. The van der Waals surface area contributed by atoms with Crippen LogP contribution in [0.4, 0.5) is 7.16 Å². The van der Waals surface area contributed by atoms with Crippen molar-refractivity contribution >= 4 is 5.97 Å². The predicted molar refractivity (Wildman–Crippen MR) is 33.4 cm³/mol. The normalized spacial score (nSPS) is 8.50.